The van der Waals surface area contributed by atoms with Gasteiger partial charge in [-0.15, -0.1) is 11.3 Å². The molecule has 5 rings (SSSR count). The van der Waals surface area contributed by atoms with Crippen molar-refractivity contribution in [1.82, 2.24) is 9.47 Å². The van der Waals surface area contributed by atoms with Gasteiger partial charge in [0.25, 0.3) is 5.91 Å². The lowest BCUT2D eigenvalue weighted by atomic mass is 9.91. The van der Waals surface area contributed by atoms with E-state index in [1.165, 1.54) is 19.3 Å². The number of amides is 1. The summed E-state index contributed by atoms with van der Waals surface area (Å²) in [5.74, 6) is 0.183. The van der Waals surface area contributed by atoms with E-state index in [9.17, 15) is 4.79 Å². The van der Waals surface area contributed by atoms with Gasteiger partial charge >= 0.3 is 0 Å². The van der Waals surface area contributed by atoms with Crippen LogP contribution in [-0.4, -0.2) is 28.0 Å². The lowest BCUT2D eigenvalue weighted by molar-refractivity contribution is 0.0613. The molecule has 3 aromatic rings. The summed E-state index contributed by atoms with van der Waals surface area (Å²) in [6, 6.07) is 10.1. The first-order valence-electron chi connectivity index (χ1n) is 10.6. The summed E-state index contributed by atoms with van der Waals surface area (Å²) >= 11 is 14.5. The topological polar surface area (TPSA) is 25.2 Å². The lowest BCUT2D eigenvalue weighted by Gasteiger charge is -2.37. The maximum Gasteiger partial charge on any atom is 0.256 e. The number of carbonyl (C=O) groups excluding carboxylic acids is 1. The number of hydrogen-bond acceptors (Lipinski definition) is 2. The van der Waals surface area contributed by atoms with E-state index in [1.807, 2.05) is 12.1 Å². The van der Waals surface area contributed by atoms with Gasteiger partial charge in [-0.25, -0.2) is 0 Å². The van der Waals surface area contributed by atoms with Crippen molar-refractivity contribution >= 4 is 40.4 Å². The van der Waals surface area contributed by atoms with Crippen LogP contribution in [0.1, 0.15) is 53.7 Å². The third kappa shape index (κ3) is 3.30. The molecule has 1 aliphatic heterocycles. The predicted octanol–water partition coefficient (Wildman–Crippen LogP) is 7.15. The van der Waals surface area contributed by atoms with Crippen LogP contribution in [-0.2, 0) is 6.42 Å². The van der Waals surface area contributed by atoms with E-state index in [4.69, 9.17) is 23.2 Å². The second-order valence-corrected chi connectivity index (χ2v) is 10.0. The van der Waals surface area contributed by atoms with Gasteiger partial charge in [0.05, 0.1) is 26.8 Å². The Kier molecular flexibility index (Phi) is 5.42. The molecule has 3 nitrogen and oxygen atoms in total. The van der Waals surface area contributed by atoms with Gasteiger partial charge in [-0.3, -0.25) is 4.79 Å². The molecule has 2 aliphatic rings. The maximum atomic E-state index is 13.7. The number of aromatic nitrogens is 1. The predicted molar refractivity (Wildman–Crippen MR) is 125 cm³/mol. The molecule has 1 aromatic carbocycles. The number of thiophene rings is 1. The molecule has 30 heavy (non-hydrogen) atoms. The minimum absolute atomic E-state index is 0.183. The van der Waals surface area contributed by atoms with E-state index in [1.54, 1.807) is 17.4 Å². The van der Waals surface area contributed by atoms with Gasteiger partial charge in [0.1, 0.15) is 0 Å². The molecule has 0 N–H and O–H groups in total. The Labute approximate surface area is 191 Å². The lowest BCUT2D eigenvalue weighted by Crippen LogP contribution is -2.45. The van der Waals surface area contributed by atoms with Crippen LogP contribution in [0.3, 0.4) is 0 Å². The van der Waals surface area contributed by atoms with Crippen LogP contribution in [0.5, 0.6) is 0 Å². The van der Waals surface area contributed by atoms with E-state index in [0.29, 0.717) is 16.1 Å². The van der Waals surface area contributed by atoms with E-state index in [0.717, 1.165) is 58.9 Å². The minimum Gasteiger partial charge on any atom is -0.335 e. The van der Waals surface area contributed by atoms with E-state index in [2.05, 4.69) is 33.9 Å². The zero-order chi connectivity index (χ0) is 20.8. The van der Waals surface area contributed by atoms with Crippen LogP contribution in [0.25, 0.3) is 16.3 Å². The van der Waals surface area contributed by atoms with E-state index in [-0.39, 0.29) is 5.91 Å². The normalized spacial score (nSPS) is 17.4. The van der Waals surface area contributed by atoms with Gasteiger partial charge < -0.3 is 9.47 Å². The van der Waals surface area contributed by atoms with Crippen LogP contribution >= 0.6 is 34.5 Å². The molecule has 0 radical (unpaired) electrons. The number of hydrogen-bond donors (Lipinski definition) is 0. The Morgan fingerprint density at radius 3 is 2.60 bits per heavy atom. The number of benzene rings is 1. The van der Waals surface area contributed by atoms with Gasteiger partial charge in [-0.2, -0.15) is 0 Å². The molecule has 0 unspecified atom stereocenters. The molecule has 156 valence electrons. The summed E-state index contributed by atoms with van der Waals surface area (Å²) in [7, 11) is 0. The van der Waals surface area contributed by atoms with Gasteiger partial charge in [0.2, 0.25) is 0 Å². The van der Waals surface area contributed by atoms with Crippen molar-refractivity contribution in [3.8, 4) is 16.3 Å². The first kappa shape index (κ1) is 20.2. The molecule has 1 amide bonds. The Morgan fingerprint density at radius 1 is 1.10 bits per heavy atom. The average Bonchev–Trinajstić information content (AvgIpc) is 3.36. The average molecular weight is 459 g/mol. The second-order valence-electron chi connectivity index (χ2n) is 8.24. The van der Waals surface area contributed by atoms with Gasteiger partial charge in [0, 0.05) is 29.7 Å². The molecular formula is C24H24Cl2N2OS. The molecule has 1 fully saturated rings. The Hall–Kier alpha value is -1.75. The molecule has 1 saturated carbocycles. The van der Waals surface area contributed by atoms with Gasteiger partial charge in [-0.05, 0) is 55.0 Å². The van der Waals surface area contributed by atoms with Crippen molar-refractivity contribution in [2.24, 2.45) is 0 Å². The zero-order valence-corrected chi connectivity index (χ0v) is 19.3. The van der Waals surface area contributed by atoms with E-state index >= 15 is 0 Å². The van der Waals surface area contributed by atoms with Crippen LogP contribution in [0.4, 0.5) is 0 Å². The summed E-state index contributed by atoms with van der Waals surface area (Å²) in [5.41, 5.74) is 4.92. The highest BCUT2D eigenvalue weighted by Gasteiger charge is 2.36. The third-order valence-corrected chi connectivity index (χ3v) is 7.91. The van der Waals surface area contributed by atoms with Gasteiger partial charge in [-0.1, -0.05) is 48.5 Å². The third-order valence-electron chi connectivity index (χ3n) is 6.50. The number of fused-ring (bicyclic) bond motifs is 1. The highest BCUT2D eigenvalue weighted by molar-refractivity contribution is 7.13. The highest BCUT2D eigenvalue weighted by atomic mass is 35.5. The summed E-state index contributed by atoms with van der Waals surface area (Å²) in [5, 5.41) is 3.28. The van der Waals surface area contributed by atoms with Crippen molar-refractivity contribution in [1.29, 1.82) is 0 Å². The Morgan fingerprint density at radius 2 is 1.90 bits per heavy atom. The fourth-order valence-corrected chi connectivity index (χ4v) is 6.43. The van der Waals surface area contributed by atoms with Crippen molar-refractivity contribution in [3.63, 3.8) is 0 Å². The summed E-state index contributed by atoms with van der Waals surface area (Å²) < 4.78 is 2.20. The Balaban J connectivity index is 1.69. The van der Waals surface area contributed by atoms with Crippen LogP contribution in [0.2, 0.25) is 10.0 Å². The quantitative estimate of drug-likeness (QED) is 0.408. The van der Waals surface area contributed by atoms with Crippen LogP contribution < -0.4 is 0 Å². The first-order chi connectivity index (χ1) is 14.6. The maximum absolute atomic E-state index is 13.7. The molecule has 0 spiro atoms. The van der Waals surface area contributed by atoms with Crippen molar-refractivity contribution < 1.29 is 4.79 Å². The summed E-state index contributed by atoms with van der Waals surface area (Å²) in [4.78, 5) is 17.0. The molecule has 2 aromatic heterocycles. The molecule has 0 bridgehead atoms. The molecule has 1 aliphatic carbocycles. The smallest absolute Gasteiger partial charge is 0.256 e. The summed E-state index contributed by atoms with van der Waals surface area (Å²) in [6.45, 7) is 2.85. The number of rotatable bonds is 3. The molecule has 6 heteroatoms. The Bertz CT molecular complexity index is 1100. The number of carbonyl (C=O) groups is 1. The summed E-state index contributed by atoms with van der Waals surface area (Å²) in [6.07, 6.45) is 6.83. The van der Waals surface area contributed by atoms with Gasteiger partial charge in [0.15, 0.2) is 0 Å². The van der Waals surface area contributed by atoms with Crippen molar-refractivity contribution in [3.05, 3.63) is 62.6 Å². The number of nitrogens with zero attached hydrogens (tertiary/aromatic N) is 2. The molecule has 3 heterocycles. The highest BCUT2D eigenvalue weighted by Crippen LogP contribution is 2.41. The fourth-order valence-electron chi connectivity index (χ4n) is 5.12. The SMILES string of the molecule is Cc1c2c(n(-c3ccc(Cl)cc3Cl)c1-c1cccs1)CCN(C1CCCCC1)C2=O. The first-order valence-corrected chi connectivity index (χ1v) is 12.2. The standard InChI is InChI=1S/C24H24Cl2N2OS/c1-15-22-20(11-12-27(24(22)29)17-6-3-2-4-7-17)28(23(15)21-8-5-13-30-21)19-10-9-16(25)14-18(19)26/h5,8-10,13-14,17H,2-4,6-7,11-12H2,1H3. The molecule has 0 atom stereocenters. The monoisotopic (exact) mass is 458 g/mol. The molecule has 0 saturated heterocycles. The molecular weight excluding hydrogens is 435 g/mol. The largest absolute Gasteiger partial charge is 0.335 e. The minimum atomic E-state index is 0.183. The van der Waals surface area contributed by atoms with Crippen molar-refractivity contribution in [2.45, 2.75) is 51.5 Å². The fraction of sp³-hybridized carbons (Fsp3) is 0.375. The number of halogens is 2. The zero-order valence-electron chi connectivity index (χ0n) is 17.0. The van der Waals surface area contributed by atoms with E-state index < -0.39 is 0 Å². The van der Waals surface area contributed by atoms with Crippen molar-refractivity contribution in [2.75, 3.05) is 6.54 Å². The van der Waals surface area contributed by atoms with Crippen LogP contribution in [0.15, 0.2) is 35.7 Å². The second kappa shape index (κ2) is 8.07. The van der Waals surface area contributed by atoms with Crippen LogP contribution in [0, 0.1) is 6.92 Å².